The largest absolute Gasteiger partial charge is 0.486 e. The predicted molar refractivity (Wildman–Crippen MR) is 109 cm³/mol. The van der Waals surface area contributed by atoms with Gasteiger partial charge in [0.2, 0.25) is 0 Å². The van der Waals surface area contributed by atoms with Crippen LogP contribution in [0.3, 0.4) is 0 Å². The highest BCUT2D eigenvalue weighted by Crippen LogP contribution is 2.25. The summed E-state index contributed by atoms with van der Waals surface area (Å²) in [5.41, 5.74) is 7.24. The number of amides is 2. The van der Waals surface area contributed by atoms with Crippen LogP contribution >= 0.6 is 0 Å². The smallest absolute Gasteiger partial charge is 0.305 e. The summed E-state index contributed by atoms with van der Waals surface area (Å²) in [7, 11) is 0. The van der Waals surface area contributed by atoms with E-state index >= 15 is 0 Å². The molecule has 0 unspecified atom stereocenters. The second kappa shape index (κ2) is 9.17. The van der Waals surface area contributed by atoms with Gasteiger partial charge in [0.1, 0.15) is 23.9 Å². The molecule has 7 heteroatoms. The number of hydrogen-bond acceptors (Lipinski definition) is 5. The number of aryl methyl sites for hydroxylation is 2. The van der Waals surface area contributed by atoms with Gasteiger partial charge in [-0.25, -0.2) is 0 Å². The zero-order valence-electron chi connectivity index (χ0n) is 16.4. The van der Waals surface area contributed by atoms with Crippen molar-refractivity contribution in [2.24, 2.45) is 0 Å². The van der Waals surface area contributed by atoms with E-state index in [0.29, 0.717) is 17.3 Å². The molecule has 1 aromatic heterocycles. The molecule has 0 bridgehead atoms. The zero-order chi connectivity index (χ0) is 20.8. The van der Waals surface area contributed by atoms with Crippen molar-refractivity contribution in [3.05, 3.63) is 83.3 Å². The Morgan fingerprint density at radius 3 is 2.57 bits per heavy atom. The molecule has 2 aromatic carbocycles. The summed E-state index contributed by atoms with van der Waals surface area (Å²) < 4.78 is 16.5. The summed E-state index contributed by atoms with van der Waals surface area (Å²) in [6.45, 7) is -0.00828. The van der Waals surface area contributed by atoms with Crippen LogP contribution in [0.25, 0.3) is 0 Å². The van der Waals surface area contributed by atoms with Crippen molar-refractivity contribution in [1.82, 2.24) is 10.9 Å². The minimum atomic E-state index is -0.563. The van der Waals surface area contributed by atoms with E-state index in [4.69, 9.17) is 13.9 Å². The Hall–Kier alpha value is -3.74. The van der Waals surface area contributed by atoms with Crippen LogP contribution < -0.4 is 20.3 Å². The molecule has 0 fully saturated rings. The molecule has 4 rings (SSSR count). The van der Waals surface area contributed by atoms with Gasteiger partial charge in [0.25, 0.3) is 5.91 Å². The number of para-hydroxylation sites is 1. The Bertz CT molecular complexity index is 1030. The molecule has 7 nitrogen and oxygen atoms in total. The maximum atomic E-state index is 12.1. The van der Waals surface area contributed by atoms with Crippen molar-refractivity contribution in [2.45, 2.75) is 25.9 Å². The van der Waals surface area contributed by atoms with E-state index in [1.165, 1.54) is 17.2 Å². The molecule has 0 radical (unpaired) electrons. The lowest BCUT2D eigenvalue weighted by atomic mass is 10.1. The third-order valence-electron chi connectivity index (χ3n) is 4.77. The number of hydrogen-bond donors (Lipinski definition) is 2. The lowest BCUT2D eigenvalue weighted by Crippen LogP contribution is -2.43. The normalized spacial score (nSPS) is 12.1. The molecule has 2 N–H and O–H groups in total. The summed E-state index contributed by atoms with van der Waals surface area (Å²) in [4.78, 5) is 24.1. The highest BCUT2D eigenvalue weighted by molar-refractivity contribution is 5.93. The third-order valence-corrected chi connectivity index (χ3v) is 4.77. The summed E-state index contributed by atoms with van der Waals surface area (Å²) in [6, 6.07) is 18.3. The fourth-order valence-electron chi connectivity index (χ4n) is 3.26. The first-order chi connectivity index (χ1) is 14.7. The molecule has 154 valence electrons. The first-order valence-electron chi connectivity index (χ1n) is 9.78. The second-order valence-corrected chi connectivity index (χ2v) is 6.94. The Morgan fingerprint density at radius 1 is 0.867 bits per heavy atom. The van der Waals surface area contributed by atoms with Gasteiger partial charge in [0.15, 0.2) is 12.4 Å². The van der Waals surface area contributed by atoms with Crippen LogP contribution in [0, 0.1) is 0 Å². The van der Waals surface area contributed by atoms with E-state index in [-0.39, 0.29) is 19.0 Å². The number of furan rings is 1. The van der Waals surface area contributed by atoms with Gasteiger partial charge in [0, 0.05) is 0 Å². The Balaban J connectivity index is 1.20. The highest BCUT2D eigenvalue weighted by atomic mass is 16.5. The molecular formula is C23H22N2O5. The minimum absolute atomic E-state index is 0.0708. The fourth-order valence-corrected chi connectivity index (χ4v) is 3.26. The van der Waals surface area contributed by atoms with Crippen molar-refractivity contribution in [1.29, 1.82) is 0 Å². The maximum absolute atomic E-state index is 12.1. The molecule has 30 heavy (non-hydrogen) atoms. The van der Waals surface area contributed by atoms with Crippen LogP contribution in [-0.2, 0) is 24.2 Å². The Kier molecular flexibility index (Phi) is 5.98. The van der Waals surface area contributed by atoms with Crippen molar-refractivity contribution >= 4 is 11.8 Å². The van der Waals surface area contributed by atoms with Crippen molar-refractivity contribution in [3.8, 4) is 11.5 Å². The van der Waals surface area contributed by atoms with Gasteiger partial charge in [-0.3, -0.25) is 20.4 Å². The van der Waals surface area contributed by atoms with E-state index in [1.807, 2.05) is 48.5 Å². The molecule has 0 atom stereocenters. The maximum Gasteiger partial charge on any atom is 0.305 e. The number of hydrazine groups is 1. The van der Waals surface area contributed by atoms with Gasteiger partial charge in [0.05, 0.1) is 0 Å². The molecule has 1 heterocycles. The average Bonchev–Trinajstić information content (AvgIpc) is 3.44. The first kappa shape index (κ1) is 19.6. The molecule has 3 aromatic rings. The molecule has 0 aliphatic heterocycles. The van der Waals surface area contributed by atoms with E-state index in [2.05, 4.69) is 10.9 Å². The van der Waals surface area contributed by atoms with E-state index < -0.39 is 11.8 Å². The van der Waals surface area contributed by atoms with Crippen LogP contribution in [0.5, 0.6) is 11.5 Å². The number of fused-ring (bicyclic) bond motifs is 1. The van der Waals surface area contributed by atoms with Crippen molar-refractivity contribution < 1.29 is 23.5 Å². The molecular weight excluding hydrogens is 384 g/mol. The van der Waals surface area contributed by atoms with Crippen LogP contribution in [0.1, 0.15) is 33.9 Å². The van der Waals surface area contributed by atoms with E-state index in [9.17, 15) is 9.59 Å². The third kappa shape index (κ3) is 5.00. The number of benzene rings is 2. The molecule has 1 aliphatic rings. The quantitative estimate of drug-likeness (QED) is 0.588. The zero-order valence-corrected chi connectivity index (χ0v) is 16.4. The van der Waals surface area contributed by atoms with Crippen LogP contribution in [0.4, 0.5) is 0 Å². The average molecular weight is 406 g/mol. The predicted octanol–water partition coefficient (Wildman–Crippen LogP) is 3.19. The standard InChI is InChI=1S/C23H22N2O5/c26-22(15-29-19-10-9-16-5-4-6-17(16)13-19)24-25-23(27)21-12-11-20(30-21)14-28-18-7-2-1-3-8-18/h1-3,7-13H,4-6,14-15H2,(H,24,26)(H,25,27). The van der Waals surface area contributed by atoms with Gasteiger partial charge in [-0.05, 0) is 66.8 Å². The van der Waals surface area contributed by atoms with Gasteiger partial charge >= 0.3 is 5.91 Å². The summed E-state index contributed by atoms with van der Waals surface area (Å²) >= 11 is 0. The fraction of sp³-hybridized carbons (Fsp3) is 0.217. The second-order valence-electron chi connectivity index (χ2n) is 6.94. The molecule has 0 saturated carbocycles. The summed E-state index contributed by atoms with van der Waals surface area (Å²) in [5, 5.41) is 0. The molecule has 0 saturated heterocycles. The van der Waals surface area contributed by atoms with E-state index in [0.717, 1.165) is 19.3 Å². The molecule has 1 aliphatic carbocycles. The topological polar surface area (TPSA) is 89.8 Å². The van der Waals surface area contributed by atoms with Crippen molar-refractivity contribution in [3.63, 3.8) is 0 Å². The highest BCUT2D eigenvalue weighted by Gasteiger charge is 2.14. The molecule has 0 spiro atoms. The number of nitrogens with one attached hydrogen (secondary N) is 2. The Labute approximate surface area is 174 Å². The van der Waals surface area contributed by atoms with Gasteiger partial charge in [-0.15, -0.1) is 0 Å². The monoisotopic (exact) mass is 406 g/mol. The van der Waals surface area contributed by atoms with Crippen molar-refractivity contribution in [2.75, 3.05) is 6.61 Å². The minimum Gasteiger partial charge on any atom is -0.486 e. The number of rotatable bonds is 7. The van der Waals surface area contributed by atoms with Gasteiger partial charge in [-0.2, -0.15) is 0 Å². The van der Waals surface area contributed by atoms with Gasteiger partial charge in [-0.1, -0.05) is 24.3 Å². The summed E-state index contributed by atoms with van der Waals surface area (Å²) in [5.74, 6) is 0.883. The summed E-state index contributed by atoms with van der Waals surface area (Å²) in [6.07, 6.45) is 3.28. The van der Waals surface area contributed by atoms with E-state index in [1.54, 1.807) is 6.07 Å². The first-order valence-corrected chi connectivity index (χ1v) is 9.78. The van der Waals surface area contributed by atoms with Crippen LogP contribution in [0.2, 0.25) is 0 Å². The molecule has 2 amide bonds. The SMILES string of the molecule is O=C(COc1ccc2c(c1)CCC2)NNC(=O)c1ccc(COc2ccccc2)o1. The lowest BCUT2D eigenvalue weighted by Gasteiger charge is -2.09. The number of carbonyl (C=O) groups is 2. The van der Waals surface area contributed by atoms with Gasteiger partial charge < -0.3 is 13.9 Å². The number of carbonyl (C=O) groups excluding carboxylic acids is 2. The Morgan fingerprint density at radius 2 is 1.70 bits per heavy atom. The van der Waals surface area contributed by atoms with Crippen LogP contribution in [0.15, 0.2) is 65.1 Å². The number of ether oxygens (including phenoxy) is 2. The lowest BCUT2D eigenvalue weighted by molar-refractivity contribution is -0.123. The van der Waals surface area contributed by atoms with Crippen LogP contribution in [-0.4, -0.2) is 18.4 Å².